The summed E-state index contributed by atoms with van der Waals surface area (Å²) in [6, 6.07) is 23.4. The van der Waals surface area contributed by atoms with Crippen molar-refractivity contribution in [2.75, 3.05) is 5.43 Å². The fraction of sp³-hybridized carbons (Fsp3) is 0.100. The zero-order chi connectivity index (χ0) is 16.9. The van der Waals surface area contributed by atoms with Crippen LogP contribution in [0.3, 0.4) is 0 Å². The number of nitrogens with one attached hydrogen (secondary N) is 1. The van der Waals surface area contributed by atoms with Crippen molar-refractivity contribution in [3.05, 3.63) is 100 Å². The van der Waals surface area contributed by atoms with E-state index in [2.05, 4.69) is 40.4 Å². The molecule has 3 rings (SSSR count). The summed E-state index contributed by atoms with van der Waals surface area (Å²) in [7, 11) is 0. The van der Waals surface area contributed by atoms with Crippen molar-refractivity contribution < 1.29 is 9.47 Å². The maximum absolute atomic E-state index is 12.4. The number of carbonyl (C=O) groups is 1. The second-order valence-corrected chi connectivity index (χ2v) is 6.49. The molecule has 1 atom stereocenters. The first-order chi connectivity index (χ1) is 11.6. The molecule has 1 amide bonds. The van der Waals surface area contributed by atoms with Crippen LogP contribution in [0, 0.1) is 0 Å². The summed E-state index contributed by atoms with van der Waals surface area (Å²) >= 11 is 3.46. The van der Waals surface area contributed by atoms with Crippen LogP contribution in [-0.2, 0) is 0 Å². The van der Waals surface area contributed by atoms with Crippen LogP contribution in [0.25, 0.3) is 0 Å². The van der Waals surface area contributed by atoms with Crippen LogP contribution in [0.4, 0.5) is 0 Å². The fourth-order valence-corrected chi connectivity index (χ4v) is 2.86. The average molecular weight is 382 g/mol. The number of rotatable bonds is 4. The molecule has 0 bridgehead atoms. The molecule has 0 saturated carbocycles. The van der Waals surface area contributed by atoms with Crippen molar-refractivity contribution in [2.45, 2.75) is 12.8 Å². The van der Waals surface area contributed by atoms with Gasteiger partial charge < -0.3 is 0 Å². The van der Waals surface area contributed by atoms with Gasteiger partial charge in [-0.25, -0.2) is 0 Å². The molecule has 0 aliphatic rings. The molecule has 120 valence electrons. The van der Waals surface area contributed by atoms with Crippen LogP contribution in [0.15, 0.2) is 83.5 Å². The van der Waals surface area contributed by atoms with Crippen LogP contribution in [0.1, 0.15) is 34.5 Å². The number of benzene rings is 2. The molecule has 24 heavy (non-hydrogen) atoms. The molecule has 2 aromatic carbocycles. The van der Waals surface area contributed by atoms with E-state index in [4.69, 9.17) is 0 Å². The van der Waals surface area contributed by atoms with E-state index in [1.54, 1.807) is 16.8 Å². The second-order valence-electron chi connectivity index (χ2n) is 5.58. The summed E-state index contributed by atoms with van der Waals surface area (Å²) in [4.78, 5) is 12.4. The van der Waals surface area contributed by atoms with Gasteiger partial charge in [0.25, 0.3) is 0 Å². The maximum atomic E-state index is 12.4. The van der Waals surface area contributed by atoms with Gasteiger partial charge in [0.15, 0.2) is 6.20 Å². The molecule has 1 heterocycles. The van der Waals surface area contributed by atoms with Gasteiger partial charge in [0, 0.05) is 22.2 Å². The number of amides is 1. The zero-order valence-electron chi connectivity index (χ0n) is 13.3. The van der Waals surface area contributed by atoms with Gasteiger partial charge in [-0.15, -0.1) is 5.43 Å². The molecular weight excluding hydrogens is 364 g/mol. The lowest BCUT2D eigenvalue weighted by Gasteiger charge is -2.11. The van der Waals surface area contributed by atoms with Crippen LogP contribution in [0.5, 0.6) is 0 Å². The third-order valence-electron chi connectivity index (χ3n) is 3.96. The highest BCUT2D eigenvalue weighted by Crippen LogP contribution is 2.22. The minimum absolute atomic E-state index is 0.129. The van der Waals surface area contributed by atoms with E-state index in [0.717, 1.165) is 10.2 Å². The number of halogens is 1. The van der Waals surface area contributed by atoms with E-state index in [0.29, 0.717) is 5.56 Å². The molecule has 3 aromatic rings. The predicted molar refractivity (Wildman–Crippen MR) is 98.4 cm³/mol. The topological polar surface area (TPSA) is 33.0 Å². The smallest absolute Gasteiger partial charge is 0.264 e. The molecule has 1 unspecified atom stereocenters. The Morgan fingerprint density at radius 3 is 2.33 bits per heavy atom. The zero-order valence-corrected chi connectivity index (χ0v) is 14.9. The Hall–Kier alpha value is -2.46. The van der Waals surface area contributed by atoms with E-state index >= 15 is 0 Å². The molecule has 3 nitrogen and oxygen atoms in total. The molecule has 4 heteroatoms. The number of pyridine rings is 1. The standard InChI is InChI=1S/C20H17BrN2O/c1-15(16-10-12-18(21)13-11-16)19-9-5-6-14-23(19)22-20(24)17-7-3-2-4-8-17/h2-15H,1H3/p+1. The Bertz CT molecular complexity index is 832. The predicted octanol–water partition coefficient (Wildman–Crippen LogP) is 4.27. The van der Waals surface area contributed by atoms with Gasteiger partial charge in [-0.1, -0.05) is 50.9 Å². The molecule has 1 N–H and O–H groups in total. The second kappa shape index (κ2) is 7.41. The van der Waals surface area contributed by atoms with Crippen LogP contribution in [-0.4, -0.2) is 5.91 Å². The lowest BCUT2D eigenvalue weighted by Crippen LogP contribution is -2.51. The van der Waals surface area contributed by atoms with Crippen molar-refractivity contribution in [3.8, 4) is 0 Å². The largest absolute Gasteiger partial charge is 0.305 e. The van der Waals surface area contributed by atoms with E-state index < -0.39 is 0 Å². The highest BCUT2D eigenvalue weighted by atomic mass is 79.9. The SMILES string of the molecule is CC(c1ccc(Br)cc1)c1cccc[n+]1NC(=O)c1ccccc1. The van der Waals surface area contributed by atoms with Crippen molar-refractivity contribution in [1.82, 2.24) is 0 Å². The van der Waals surface area contributed by atoms with Gasteiger partial charge in [-0.2, -0.15) is 0 Å². The average Bonchev–Trinajstić information content (AvgIpc) is 2.63. The van der Waals surface area contributed by atoms with Crippen LogP contribution in [0.2, 0.25) is 0 Å². The number of nitrogens with zero attached hydrogens (tertiary/aromatic N) is 1. The maximum Gasteiger partial charge on any atom is 0.305 e. The van der Waals surface area contributed by atoms with Crippen molar-refractivity contribution >= 4 is 21.8 Å². The number of carbonyl (C=O) groups excluding carboxylic acids is 1. The third kappa shape index (κ3) is 3.71. The summed E-state index contributed by atoms with van der Waals surface area (Å²) in [6.45, 7) is 2.13. The summed E-state index contributed by atoms with van der Waals surface area (Å²) in [5.74, 6) is 0.0198. The molecule has 0 spiro atoms. The third-order valence-corrected chi connectivity index (χ3v) is 4.49. The fourth-order valence-electron chi connectivity index (χ4n) is 2.60. The number of hydrogen-bond acceptors (Lipinski definition) is 1. The molecular formula is C20H18BrN2O+. The van der Waals surface area contributed by atoms with Gasteiger partial charge in [0.2, 0.25) is 5.69 Å². The Kier molecular flexibility index (Phi) is 5.06. The molecule has 0 aliphatic heterocycles. The summed E-state index contributed by atoms with van der Waals surface area (Å²) in [6.07, 6.45) is 1.87. The number of aromatic nitrogens is 1. The van der Waals surface area contributed by atoms with Gasteiger partial charge in [0.1, 0.15) is 0 Å². The van der Waals surface area contributed by atoms with Crippen molar-refractivity contribution in [2.24, 2.45) is 0 Å². The first kappa shape index (κ1) is 16.4. The minimum Gasteiger partial charge on any atom is -0.264 e. The Labute approximate surface area is 150 Å². The van der Waals surface area contributed by atoms with E-state index in [1.807, 2.05) is 54.7 Å². The van der Waals surface area contributed by atoms with Crippen molar-refractivity contribution in [1.29, 1.82) is 0 Å². The van der Waals surface area contributed by atoms with E-state index in [9.17, 15) is 4.79 Å². The summed E-state index contributed by atoms with van der Waals surface area (Å²) in [5, 5.41) is 0. The first-order valence-electron chi connectivity index (χ1n) is 7.77. The van der Waals surface area contributed by atoms with Gasteiger partial charge >= 0.3 is 5.91 Å². The lowest BCUT2D eigenvalue weighted by molar-refractivity contribution is -0.650. The normalized spacial score (nSPS) is 11.8. The monoisotopic (exact) mass is 381 g/mol. The highest BCUT2D eigenvalue weighted by Gasteiger charge is 2.21. The quantitative estimate of drug-likeness (QED) is 0.672. The summed E-state index contributed by atoms with van der Waals surface area (Å²) in [5.41, 5.74) is 5.80. The van der Waals surface area contributed by atoms with E-state index in [1.165, 1.54) is 5.56 Å². The molecule has 0 saturated heterocycles. The molecule has 0 aliphatic carbocycles. The van der Waals surface area contributed by atoms with Gasteiger partial charge in [-0.3, -0.25) is 4.79 Å². The molecule has 1 aromatic heterocycles. The van der Waals surface area contributed by atoms with Crippen LogP contribution >= 0.6 is 15.9 Å². The lowest BCUT2D eigenvalue weighted by atomic mass is 9.97. The molecule has 0 fully saturated rings. The Morgan fingerprint density at radius 1 is 0.958 bits per heavy atom. The van der Waals surface area contributed by atoms with Gasteiger partial charge in [-0.05, 0) is 42.8 Å². The number of hydrogen-bond donors (Lipinski definition) is 1. The highest BCUT2D eigenvalue weighted by molar-refractivity contribution is 9.10. The first-order valence-corrected chi connectivity index (χ1v) is 8.57. The minimum atomic E-state index is -0.129. The summed E-state index contributed by atoms with van der Waals surface area (Å²) < 4.78 is 2.85. The Balaban J connectivity index is 1.88. The Morgan fingerprint density at radius 2 is 1.62 bits per heavy atom. The van der Waals surface area contributed by atoms with Crippen molar-refractivity contribution in [3.63, 3.8) is 0 Å². The molecule has 0 radical (unpaired) electrons. The van der Waals surface area contributed by atoms with Crippen LogP contribution < -0.4 is 10.1 Å². The van der Waals surface area contributed by atoms with E-state index in [-0.39, 0.29) is 11.8 Å². The van der Waals surface area contributed by atoms with Gasteiger partial charge in [0.05, 0.1) is 5.92 Å².